The van der Waals surface area contributed by atoms with Gasteiger partial charge in [0.2, 0.25) is 15.9 Å². The highest BCUT2D eigenvalue weighted by molar-refractivity contribution is 7.89. The zero-order valence-electron chi connectivity index (χ0n) is 18.7. The predicted octanol–water partition coefficient (Wildman–Crippen LogP) is 1.75. The molecule has 1 saturated heterocycles. The Kier molecular flexibility index (Phi) is 4.97. The first-order valence-corrected chi connectivity index (χ1v) is 11.9. The van der Waals surface area contributed by atoms with Crippen LogP contribution in [0.15, 0.2) is 38.8 Å². The molecular weight excluding hydrogens is 418 g/mol. The monoisotopic (exact) mass is 447 g/mol. The lowest BCUT2D eigenvalue weighted by Gasteiger charge is -2.42. The van der Waals surface area contributed by atoms with Crippen LogP contribution in [0, 0.1) is 12.8 Å². The van der Waals surface area contributed by atoms with Crippen molar-refractivity contribution in [3.8, 4) is 5.88 Å². The fraction of sp³-hybridized carbons (Fsp3) is 0.545. The lowest BCUT2D eigenvalue weighted by Crippen LogP contribution is -2.51. The topological polar surface area (TPSA) is 90.6 Å². The minimum absolute atomic E-state index is 0.227. The maximum Gasteiger partial charge on any atom is 0.333 e. The van der Waals surface area contributed by atoms with Gasteiger partial charge in [0, 0.05) is 38.5 Å². The van der Waals surface area contributed by atoms with Gasteiger partial charge in [0.25, 0.3) is 5.56 Å². The highest BCUT2D eigenvalue weighted by Gasteiger charge is 2.57. The molecule has 2 aliphatic heterocycles. The Morgan fingerprint density at radius 1 is 1.10 bits per heavy atom. The quantitative estimate of drug-likeness (QED) is 0.715. The first-order chi connectivity index (χ1) is 14.4. The van der Waals surface area contributed by atoms with Crippen LogP contribution in [0.5, 0.6) is 5.88 Å². The molecule has 0 amide bonds. The van der Waals surface area contributed by atoms with Gasteiger partial charge in [-0.3, -0.25) is 13.9 Å². The molecule has 1 unspecified atom stereocenters. The van der Waals surface area contributed by atoms with Crippen molar-refractivity contribution in [2.24, 2.45) is 20.0 Å². The van der Waals surface area contributed by atoms with Gasteiger partial charge in [0.15, 0.2) is 0 Å². The van der Waals surface area contributed by atoms with Crippen molar-refractivity contribution < 1.29 is 13.2 Å². The number of aryl methyl sites for hydroxylation is 1. The SMILES string of the molecule is CCC1[C@@H]2c3c(n(C)c(=O)n(C)c3=O)OC(C)(C)[C@H]2CN1S(=O)(=O)c1ccc(C)cc1. The Labute approximate surface area is 182 Å². The minimum atomic E-state index is -3.77. The molecule has 3 heterocycles. The summed E-state index contributed by atoms with van der Waals surface area (Å²) in [5.41, 5.74) is -0.264. The van der Waals surface area contributed by atoms with Gasteiger partial charge in [-0.1, -0.05) is 24.6 Å². The van der Waals surface area contributed by atoms with Gasteiger partial charge in [0.05, 0.1) is 10.5 Å². The molecule has 1 aromatic heterocycles. The number of rotatable bonds is 3. The first-order valence-electron chi connectivity index (χ1n) is 10.5. The normalized spacial score (nSPS) is 25.0. The van der Waals surface area contributed by atoms with Crippen LogP contribution in [0.25, 0.3) is 0 Å². The van der Waals surface area contributed by atoms with Crippen molar-refractivity contribution >= 4 is 10.0 Å². The highest BCUT2D eigenvalue weighted by atomic mass is 32.2. The smallest absolute Gasteiger partial charge is 0.333 e. The second kappa shape index (κ2) is 7.06. The lowest BCUT2D eigenvalue weighted by molar-refractivity contribution is 0.0126. The van der Waals surface area contributed by atoms with Gasteiger partial charge in [-0.2, -0.15) is 4.31 Å². The lowest BCUT2D eigenvalue weighted by atomic mass is 9.74. The van der Waals surface area contributed by atoms with Gasteiger partial charge in [-0.05, 0) is 39.3 Å². The molecule has 0 aliphatic carbocycles. The number of ether oxygens (including phenoxy) is 1. The maximum atomic E-state index is 13.6. The van der Waals surface area contributed by atoms with Crippen molar-refractivity contribution in [3.63, 3.8) is 0 Å². The Bertz CT molecular complexity index is 1260. The summed E-state index contributed by atoms with van der Waals surface area (Å²) in [6, 6.07) is 6.40. The van der Waals surface area contributed by atoms with E-state index in [1.54, 1.807) is 31.3 Å². The number of fused-ring (bicyclic) bond motifs is 3. The van der Waals surface area contributed by atoms with E-state index in [1.807, 2.05) is 27.7 Å². The van der Waals surface area contributed by atoms with Gasteiger partial charge in [0.1, 0.15) is 5.60 Å². The van der Waals surface area contributed by atoms with Gasteiger partial charge in [-0.25, -0.2) is 13.2 Å². The summed E-state index contributed by atoms with van der Waals surface area (Å²) in [7, 11) is -0.751. The summed E-state index contributed by atoms with van der Waals surface area (Å²) < 4.78 is 37.3. The van der Waals surface area contributed by atoms with E-state index in [0.717, 1.165) is 10.1 Å². The van der Waals surface area contributed by atoms with E-state index < -0.39 is 32.9 Å². The van der Waals surface area contributed by atoms with Crippen molar-refractivity contribution in [2.45, 2.75) is 56.6 Å². The zero-order chi connectivity index (χ0) is 22.9. The summed E-state index contributed by atoms with van der Waals surface area (Å²) in [6.07, 6.45) is 0.535. The predicted molar refractivity (Wildman–Crippen MR) is 117 cm³/mol. The summed E-state index contributed by atoms with van der Waals surface area (Å²) >= 11 is 0. The molecule has 2 aliphatic rings. The average molecular weight is 448 g/mol. The highest BCUT2D eigenvalue weighted by Crippen LogP contribution is 2.51. The van der Waals surface area contributed by atoms with E-state index in [9.17, 15) is 18.0 Å². The summed E-state index contributed by atoms with van der Waals surface area (Å²) in [5, 5.41) is 0. The molecule has 0 saturated carbocycles. The number of nitrogens with zero attached hydrogens (tertiary/aromatic N) is 3. The summed E-state index contributed by atoms with van der Waals surface area (Å²) in [6.45, 7) is 7.87. The number of hydrogen-bond acceptors (Lipinski definition) is 5. The largest absolute Gasteiger partial charge is 0.472 e. The molecular formula is C22H29N3O5S. The van der Waals surface area contributed by atoms with Crippen LogP contribution in [-0.2, 0) is 24.1 Å². The average Bonchev–Trinajstić information content (AvgIpc) is 3.12. The Balaban J connectivity index is 1.92. The Hall–Kier alpha value is -2.39. The number of aromatic nitrogens is 2. The fourth-order valence-electron chi connectivity index (χ4n) is 5.10. The van der Waals surface area contributed by atoms with E-state index in [0.29, 0.717) is 12.0 Å². The summed E-state index contributed by atoms with van der Waals surface area (Å²) in [5.74, 6) is -0.350. The van der Waals surface area contributed by atoms with Crippen LogP contribution < -0.4 is 16.0 Å². The summed E-state index contributed by atoms with van der Waals surface area (Å²) in [4.78, 5) is 25.9. The van der Waals surface area contributed by atoms with E-state index in [2.05, 4.69) is 0 Å². The van der Waals surface area contributed by atoms with Crippen molar-refractivity contribution in [1.82, 2.24) is 13.4 Å². The van der Waals surface area contributed by atoms with Crippen LogP contribution in [-0.4, -0.2) is 40.0 Å². The number of sulfonamides is 1. The molecule has 0 N–H and O–H groups in total. The van der Waals surface area contributed by atoms with E-state index in [-0.39, 0.29) is 29.2 Å². The number of benzene rings is 1. The van der Waals surface area contributed by atoms with Crippen LogP contribution >= 0.6 is 0 Å². The van der Waals surface area contributed by atoms with Crippen molar-refractivity contribution in [1.29, 1.82) is 0 Å². The second-order valence-electron chi connectivity index (χ2n) is 9.13. The molecule has 2 aromatic rings. The van der Waals surface area contributed by atoms with Crippen LogP contribution in [0.2, 0.25) is 0 Å². The molecule has 9 heteroatoms. The third-order valence-electron chi connectivity index (χ3n) is 6.87. The fourth-order valence-corrected chi connectivity index (χ4v) is 6.84. The van der Waals surface area contributed by atoms with Crippen LogP contribution in [0.3, 0.4) is 0 Å². The first kappa shape index (κ1) is 21.8. The van der Waals surface area contributed by atoms with E-state index in [4.69, 9.17) is 4.74 Å². The second-order valence-corrected chi connectivity index (χ2v) is 11.0. The Morgan fingerprint density at radius 2 is 1.71 bits per heavy atom. The van der Waals surface area contributed by atoms with Crippen molar-refractivity contribution in [3.05, 3.63) is 56.2 Å². The Morgan fingerprint density at radius 3 is 2.29 bits per heavy atom. The van der Waals surface area contributed by atoms with Gasteiger partial charge < -0.3 is 4.74 Å². The van der Waals surface area contributed by atoms with Crippen LogP contribution in [0.4, 0.5) is 0 Å². The van der Waals surface area contributed by atoms with E-state index in [1.165, 1.54) is 15.9 Å². The minimum Gasteiger partial charge on any atom is -0.472 e. The molecule has 1 aromatic carbocycles. The molecule has 8 nitrogen and oxygen atoms in total. The zero-order valence-corrected chi connectivity index (χ0v) is 19.6. The standard InChI is InChI=1S/C22H29N3O5S/c1-7-16-17-15(12-25(16)31(28,29)14-10-8-13(2)9-11-14)22(3,4)30-20-18(17)19(26)23(5)21(27)24(20)6/h8-11,15-17H,7,12H2,1-6H3/t15-,16?,17+/m0/s1. The molecule has 4 rings (SSSR count). The third-order valence-corrected chi connectivity index (χ3v) is 8.78. The van der Waals surface area contributed by atoms with E-state index >= 15 is 0 Å². The molecule has 168 valence electrons. The third kappa shape index (κ3) is 3.09. The molecule has 0 bridgehead atoms. The van der Waals surface area contributed by atoms with Crippen LogP contribution in [0.1, 0.15) is 44.2 Å². The molecule has 1 fully saturated rings. The van der Waals surface area contributed by atoms with Gasteiger partial charge >= 0.3 is 5.69 Å². The molecule has 0 radical (unpaired) electrons. The molecule has 0 spiro atoms. The molecule has 3 atom stereocenters. The number of hydrogen-bond donors (Lipinski definition) is 0. The van der Waals surface area contributed by atoms with Gasteiger partial charge in [-0.15, -0.1) is 0 Å². The maximum absolute atomic E-state index is 13.6. The molecule has 31 heavy (non-hydrogen) atoms. The van der Waals surface area contributed by atoms with Crippen molar-refractivity contribution in [2.75, 3.05) is 6.54 Å².